The van der Waals surface area contributed by atoms with Crippen molar-refractivity contribution in [3.63, 3.8) is 0 Å². The number of halogens is 4. The molecule has 1 aliphatic rings. The first-order valence-corrected chi connectivity index (χ1v) is 6.83. The van der Waals surface area contributed by atoms with Crippen molar-refractivity contribution in [2.45, 2.75) is 38.9 Å². The van der Waals surface area contributed by atoms with Gasteiger partial charge in [-0.25, -0.2) is 0 Å². The lowest BCUT2D eigenvalue weighted by atomic mass is 9.96. The van der Waals surface area contributed by atoms with Crippen molar-refractivity contribution < 1.29 is 27.6 Å². The zero-order valence-corrected chi connectivity index (χ0v) is 13.7. The van der Waals surface area contributed by atoms with E-state index in [1.165, 1.54) is 4.90 Å². The Morgan fingerprint density at radius 2 is 1.96 bits per heavy atom. The first-order chi connectivity index (χ1) is 9.98. The molecule has 0 spiro atoms. The van der Waals surface area contributed by atoms with Crippen LogP contribution in [0.15, 0.2) is 4.52 Å². The smallest absolute Gasteiger partial charge is 0.393 e. The minimum atomic E-state index is -4.54. The van der Waals surface area contributed by atoms with Gasteiger partial charge < -0.3 is 9.63 Å². The summed E-state index contributed by atoms with van der Waals surface area (Å²) in [6.07, 6.45) is -4.54. The predicted octanol–water partition coefficient (Wildman–Crippen LogP) is 2.48. The molecule has 1 aromatic heterocycles. The highest BCUT2D eigenvalue weighted by molar-refractivity contribution is 5.85. The van der Waals surface area contributed by atoms with E-state index in [2.05, 4.69) is 10.1 Å². The van der Waals surface area contributed by atoms with Crippen LogP contribution in [0.5, 0.6) is 0 Å². The van der Waals surface area contributed by atoms with E-state index in [0.29, 0.717) is 5.89 Å². The largest absolute Gasteiger partial charge is 0.481 e. The fourth-order valence-electron chi connectivity index (χ4n) is 2.42. The number of likely N-dealkylation sites (tertiary alicyclic amines) is 1. The molecule has 0 aromatic carbocycles. The van der Waals surface area contributed by atoms with Crippen LogP contribution in [-0.4, -0.2) is 45.4 Å². The summed E-state index contributed by atoms with van der Waals surface area (Å²) < 4.78 is 43.8. The summed E-state index contributed by atoms with van der Waals surface area (Å²) in [7, 11) is 0. The van der Waals surface area contributed by atoms with E-state index in [4.69, 9.17) is 9.63 Å². The van der Waals surface area contributed by atoms with Crippen LogP contribution in [0.2, 0.25) is 0 Å². The average molecular weight is 358 g/mol. The van der Waals surface area contributed by atoms with Crippen molar-refractivity contribution in [1.82, 2.24) is 15.0 Å². The molecule has 6 nitrogen and oxygen atoms in total. The van der Waals surface area contributed by atoms with Gasteiger partial charge in [0.15, 0.2) is 5.82 Å². The lowest BCUT2D eigenvalue weighted by Gasteiger charge is -2.18. The van der Waals surface area contributed by atoms with E-state index >= 15 is 0 Å². The zero-order chi connectivity index (χ0) is 16.7. The Labute approximate surface area is 137 Å². The van der Waals surface area contributed by atoms with Gasteiger partial charge in [-0.05, 0) is 0 Å². The average Bonchev–Trinajstić information content (AvgIpc) is 2.94. The molecule has 10 heteroatoms. The van der Waals surface area contributed by atoms with Gasteiger partial charge in [0.1, 0.15) is 0 Å². The van der Waals surface area contributed by atoms with E-state index in [1.807, 2.05) is 20.8 Å². The van der Waals surface area contributed by atoms with E-state index < -0.39 is 24.0 Å². The summed E-state index contributed by atoms with van der Waals surface area (Å²) >= 11 is 0. The third kappa shape index (κ3) is 4.57. The summed E-state index contributed by atoms with van der Waals surface area (Å²) in [5.74, 6) is -4.12. The van der Waals surface area contributed by atoms with Gasteiger partial charge in [-0.1, -0.05) is 25.9 Å². The van der Waals surface area contributed by atoms with Gasteiger partial charge in [-0.3, -0.25) is 9.69 Å². The minimum Gasteiger partial charge on any atom is -0.481 e. The van der Waals surface area contributed by atoms with Crippen molar-refractivity contribution in [1.29, 1.82) is 0 Å². The predicted molar refractivity (Wildman–Crippen MR) is 76.2 cm³/mol. The Kier molecular flexibility index (Phi) is 5.69. The number of hydrogen-bond acceptors (Lipinski definition) is 5. The Morgan fingerprint density at radius 1 is 1.35 bits per heavy atom. The highest BCUT2D eigenvalue weighted by Gasteiger charge is 2.52. The fraction of sp³-hybridized carbons (Fsp3) is 0.769. The number of aromatic nitrogens is 2. The Bertz CT molecular complexity index is 557. The first kappa shape index (κ1) is 19.7. The quantitative estimate of drug-likeness (QED) is 0.895. The third-order valence-electron chi connectivity index (χ3n) is 3.61. The number of carboxylic acids is 1. The molecule has 1 aliphatic heterocycles. The van der Waals surface area contributed by atoms with Gasteiger partial charge >= 0.3 is 12.1 Å². The van der Waals surface area contributed by atoms with Crippen LogP contribution in [0.25, 0.3) is 0 Å². The van der Waals surface area contributed by atoms with E-state index in [-0.39, 0.29) is 43.3 Å². The van der Waals surface area contributed by atoms with Gasteiger partial charge in [0.25, 0.3) is 0 Å². The maximum Gasteiger partial charge on any atom is 0.393 e. The van der Waals surface area contributed by atoms with E-state index in [0.717, 1.165) is 0 Å². The normalized spacial score (nSPS) is 22.9. The second-order valence-electron chi connectivity index (χ2n) is 6.55. The van der Waals surface area contributed by atoms with E-state index in [9.17, 15) is 18.0 Å². The molecular formula is C13H19ClF3N3O3. The van der Waals surface area contributed by atoms with Crippen LogP contribution in [0.4, 0.5) is 13.2 Å². The van der Waals surface area contributed by atoms with Gasteiger partial charge in [0, 0.05) is 18.5 Å². The third-order valence-corrected chi connectivity index (χ3v) is 3.61. The number of alkyl halides is 3. The number of carbonyl (C=O) groups is 1. The zero-order valence-electron chi connectivity index (χ0n) is 12.9. The number of aliphatic carboxylic acids is 1. The Morgan fingerprint density at radius 3 is 2.35 bits per heavy atom. The lowest BCUT2D eigenvalue weighted by Crippen LogP contribution is -2.33. The van der Waals surface area contributed by atoms with Crippen molar-refractivity contribution >= 4 is 18.4 Å². The first-order valence-electron chi connectivity index (χ1n) is 6.83. The van der Waals surface area contributed by atoms with Crippen LogP contribution in [0.1, 0.15) is 32.5 Å². The van der Waals surface area contributed by atoms with Gasteiger partial charge in [0.05, 0.1) is 18.4 Å². The van der Waals surface area contributed by atoms with Crippen molar-refractivity contribution in [3.8, 4) is 0 Å². The Hall–Kier alpha value is -1.35. The molecule has 0 aliphatic carbocycles. The topological polar surface area (TPSA) is 79.5 Å². The molecule has 2 heterocycles. The molecule has 0 amide bonds. The summed E-state index contributed by atoms with van der Waals surface area (Å²) in [6.45, 7) is 5.11. The minimum absolute atomic E-state index is 0. The molecule has 0 unspecified atom stereocenters. The number of rotatable bonds is 3. The number of hydrogen-bond donors (Lipinski definition) is 1. The summed E-state index contributed by atoms with van der Waals surface area (Å²) in [5, 5.41) is 12.7. The lowest BCUT2D eigenvalue weighted by molar-refractivity contribution is -0.188. The number of nitrogens with zero attached hydrogens (tertiary/aromatic N) is 3. The SMILES string of the molecule is CC(C)(C)c1nc(CN2C[C@@H](C(F)(F)F)[C@H](C(=O)O)C2)no1.Cl. The Balaban J connectivity index is 0.00000264. The van der Waals surface area contributed by atoms with Gasteiger partial charge in [-0.2, -0.15) is 18.2 Å². The fourth-order valence-corrected chi connectivity index (χ4v) is 2.42. The highest BCUT2D eigenvalue weighted by Crippen LogP contribution is 2.38. The maximum atomic E-state index is 12.9. The van der Waals surface area contributed by atoms with Crippen LogP contribution in [0, 0.1) is 11.8 Å². The molecule has 2 rings (SSSR count). The standard InChI is InChI=1S/C13H18F3N3O3.ClH/c1-12(2,3)11-17-9(18-22-11)6-19-4-7(10(20)21)8(5-19)13(14,15)16;/h7-8H,4-6H2,1-3H3,(H,20,21);1H/t7-,8-;/m1./s1. The second-order valence-corrected chi connectivity index (χ2v) is 6.55. The summed E-state index contributed by atoms with van der Waals surface area (Å²) in [5.41, 5.74) is -0.353. The van der Waals surface area contributed by atoms with E-state index in [1.54, 1.807) is 0 Å². The number of carboxylic acid groups (broad SMARTS) is 1. The van der Waals surface area contributed by atoms with Crippen molar-refractivity contribution in [2.24, 2.45) is 11.8 Å². The van der Waals surface area contributed by atoms with Crippen LogP contribution in [-0.2, 0) is 16.8 Å². The van der Waals surface area contributed by atoms with Crippen molar-refractivity contribution in [3.05, 3.63) is 11.7 Å². The molecule has 1 fully saturated rings. The second kappa shape index (κ2) is 6.64. The molecular weight excluding hydrogens is 339 g/mol. The van der Waals surface area contributed by atoms with Gasteiger partial charge in [0.2, 0.25) is 5.89 Å². The molecule has 1 saturated heterocycles. The monoisotopic (exact) mass is 357 g/mol. The molecule has 0 radical (unpaired) electrons. The molecule has 132 valence electrons. The van der Waals surface area contributed by atoms with Crippen LogP contribution < -0.4 is 0 Å². The molecule has 1 aromatic rings. The highest BCUT2D eigenvalue weighted by atomic mass is 35.5. The van der Waals surface area contributed by atoms with Gasteiger partial charge in [-0.15, -0.1) is 12.4 Å². The van der Waals surface area contributed by atoms with Crippen LogP contribution >= 0.6 is 12.4 Å². The summed E-state index contributed by atoms with van der Waals surface area (Å²) in [6, 6.07) is 0. The summed E-state index contributed by atoms with van der Waals surface area (Å²) in [4.78, 5) is 16.6. The molecule has 1 N–H and O–H groups in total. The molecule has 23 heavy (non-hydrogen) atoms. The maximum absolute atomic E-state index is 12.9. The molecule has 2 atom stereocenters. The molecule has 0 saturated carbocycles. The van der Waals surface area contributed by atoms with Crippen molar-refractivity contribution in [2.75, 3.05) is 13.1 Å². The van der Waals surface area contributed by atoms with Crippen LogP contribution in [0.3, 0.4) is 0 Å². The molecule has 0 bridgehead atoms.